The van der Waals surface area contributed by atoms with Gasteiger partial charge in [0.2, 0.25) is 0 Å². The van der Waals surface area contributed by atoms with Gasteiger partial charge in [-0.2, -0.15) is 0 Å². The lowest BCUT2D eigenvalue weighted by atomic mass is 10.1. The molecule has 0 saturated carbocycles. The fourth-order valence-electron chi connectivity index (χ4n) is 1.57. The molecule has 0 bridgehead atoms. The molecule has 0 aliphatic rings. The number of benzene rings is 1. The number of nitrogens with zero attached hydrogens (tertiary/aromatic N) is 1. The van der Waals surface area contributed by atoms with Gasteiger partial charge >= 0.3 is 0 Å². The molecule has 6 heteroatoms. The van der Waals surface area contributed by atoms with Gasteiger partial charge in [0.25, 0.3) is 5.69 Å². The van der Waals surface area contributed by atoms with Crippen LogP contribution in [0.5, 0.6) is 5.75 Å². The van der Waals surface area contributed by atoms with Crippen molar-refractivity contribution in [3.63, 3.8) is 0 Å². The monoisotopic (exact) mass is 249 g/mol. The zero-order valence-corrected chi connectivity index (χ0v) is 9.62. The highest BCUT2D eigenvalue weighted by Crippen LogP contribution is 2.30. The van der Waals surface area contributed by atoms with E-state index in [1.54, 1.807) is 18.2 Å². The number of hydrogen-bond donors (Lipinski definition) is 1. The van der Waals surface area contributed by atoms with E-state index in [0.717, 1.165) is 0 Å². The third-order valence-corrected chi connectivity index (χ3v) is 2.44. The summed E-state index contributed by atoms with van der Waals surface area (Å²) < 4.78 is 10.3. The summed E-state index contributed by atoms with van der Waals surface area (Å²) in [6.45, 7) is -0.216. The van der Waals surface area contributed by atoms with Crippen LogP contribution in [0.3, 0.4) is 0 Å². The molecular weight excluding hydrogens is 238 g/mol. The van der Waals surface area contributed by atoms with Gasteiger partial charge in [0.15, 0.2) is 0 Å². The van der Waals surface area contributed by atoms with Crippen molar-refractivity contribution in [2.24, 2.45) is 0 Å². The molecule has 0 saturated heterocycles. The summed E-state index contributed by atoms with van der Waals surface area (Å²) in [5.74, 6) is 1.22. The van der Waals surface area contributed by atoms with E-state index in [1.165, 1.54) is 19.2 Å². The molecule has 1 aromatic heterocycles. The molecule has 2 rings (SSSR count). The quantitative estimate of drug-likeness (QED) is 0.664. The highest BCUT2D eigenvalue weighted by atomic mass is 16.6. The van der Waals surface area contributed by atoms with Gasteiger partial charge in [-0.25, -0.2) is 0 Å². The third-order valence-electron chi connectivity index (χ3n) is 2.44. The molecule has 0 spiro atoms. The molecule has 0 fully saturated rings. The number of aliphatic hydroxyl groups excluding tert-OH is 1. The van der Waals surface area contributed by atoms with E-state index in [-0.39, 0.29) is 12.3 Å². The average molecular weight is 249 g/mol. The average Bonchev–Trinajstić information content (AvgIpc) is 2.86. The van der Waals surface area contributed by atoms with Crippen molar-refractivity contribution in [2.75, 3.05) is 7.11 Å². The van der Waals surface area contributed by atoms with Crippen molar-refractivity contribution in [2.45, 2.75) is 6.61 Å². The molecule has 0 unspecified atom stereocenters. The summed E-state index contributed by atoms with van der Waals surface area (Å²) in [5, 5.41) is 19.7. The zero-order valence-electron chi connectivity index (χ0n) is 9.62. The van der Waals surface area contributed by atoms with Crippen LogP contribution >= 0.6 is 0 Å². The Morgan fingerprint density at radius 1 is 1.39 bits per heavy atom. The molecule has 0 atom stereocenters. The SMILES string of the molecule is COc1cc(-c2ccc(CO)o2)cc([N+](=O)[O-])c1. The normalized spacial score (nSPS) is 10.3. The Hall–Kier alpha value is -2.34. The number of hydrogen-bond acceptors (Lipinski definition) is 5. The lowest BCUT2D eigenvalue weighted by Crippen LogP contribution is -1.91. The summed E-state index contributed by atoms with van der Waals surface area (Å²) >= 11 is 0. The first kappa shape index (κ1) is 12.1. The number of aliphatic hydroxyl groups is 1. The Morgan fingerprint density at radius 3 is 2.72 bits per heavy atom. The topological polar surface area (TPSA) is 85.7 Å². The summed E-state index contributed by atoms with van der Waals surface area (Å²) in [4.78, 5) is 10.3. The van der Waals surface area contributed by atoms with Crippen molar-refractivity contribution in [3.05, 3.63) is 46.2 Å². The van der Waals surface area contributed by atoms with Crippen LogP contribution in [0.15, 0.2) is 34.7 Å². The van der Waals surface area contributed by atoms with Gasteiger partial charge in [-0.15, -0.1) is 0 Å². The molecule has 18 heavy (non-hydrogen) atoms. The fourth-order valence-corrected chi connectivity index (χ4v) is 1.57. The Balaban J connectivity index is 2.49. The van der Waals surface area contributed by atoms with Gasteiger partial charge < -0.3 is 14.3 Å². The van der Waals surface area contributed by atoms with Crippen molar-refractivity contribution in [1.82, 2.24) is 0 Å². The third kappa shape index (κ3) is 2.33. The van der Waals surface area contributed by atoms with Crippen molar-refractivity contribution >= 4 is 5.69 Å². The number of nitro groups is 1. The maximum Gasteiger partial charge on any atom is 0.273 e. The second-order valence-corrected chi connectivity index (χ2v) is 3.60. The molecule has 1 N–H and O–H groups in total. The summed E-state index contributed by atoms with van der Waals surface area (Å²) in [6.07, 6.45) is 0. The largest absolute Gasteiger partial charge is 0.496 e. The van der Waals surface area contributed by atoms with Crippen LogP contribution in [0.4, 0.5) is 5.69 Å². The predicted octanol–water partition coefficient (Wildman–Crippen LogP) is 2.36. The van der Waals surface area contributed by atoms with Crippen molar-refractivity contribution in [1.29, 1.82) is 0 Å². The second-order valence-electron chi connectivity index (χ2n) is 3.60. The number of methoxy groups -OCH3 is 1. The predicted molar refractivity (Wildman–Crippen MR) is 63.3 cm³/mol. The Labute approximate surface area is 103 Å². The minimum absolute atomic E-state index is 0.0775. The van der Waals surface area contributed by atoms with Crippen LogP contribution < -0.4 is 4.74 Å². The van der Waals surface area contributed by atoms with E-state index in [4.69, 9.17) is 14.3 Å². The number of non-ortho nitro benzene ring substituents is 1. The van der Waals surface area contributed by atoms with E-state index in [2.05, 4.69) is 0 Å². The maximum absolute atomic E-state index is 10.8. The van der Waals surface area contributed by atoms with E-state index in [0.29, 0.717) is 22.8 Å². The highest BCUT2D eigenvalue weighted by molar-refractivity contribution is 5.64. The van der Waals surface area contributed by atoms with E-state index in [9.17, 15) is 10.1 Å². The molecule has 2 aromatic rings. The first-order chi connectivity index (χ1) is 8.63. The van der Waals surface area contributed by atoms with E-state index < -0.39 is 4.92 Å². The van der Waals surface area contributed by atoms with Crippen LogP contribution in [0.2, 0.25) is 0 Å². The molecular formula is C12H11NO5. The number of rotatable bonds is 4. The molecule has 94 valence electrons. The Morgan fingerprint density at radius 2 is 2.17 bits per heavy atom. The summed E-state index contributed by atoms with van der Waals surface area (Å²) in [5.41, 5.74) is 0.451. The van der Waals surface area contributed by atoms with E-state index >= 15 is 0 Å². The highest BCUT2D eigenvalue weighted by Gasteiger charge is 2.13. The van der Waals surface area contributed by atoms with Crippen LogP contribution in [0.25, 0.3) is 11.3 Å². The minimum atomic E-state index is -0.498. The first-order valence-corrected chi connectivity index (χ1v) is 5.17. The summed E-state index contributed by atoms with van der Waals surface area (Å²) in [7, 11) is 1.43. The molecule has 0 aliphatic carbocycles. The standard InChI is InChI=1S/C12H11NO5/c1-17-11-5-8(4-9(6-11)13(15)16)12-3-2-10(7-14)18-12/h2-6,14H,7H2,1H3. The molecule has 1 heterocycles. The summed E-state index contributed by atoms with van der Waals surface area (Å²) in [6, 6.07) is 7.61. The number of furan rings is 1. The van der Waals surface area contributed by atoms with Crippen LogP contribution in [0.1, 0.15) is 5.76 Å². The van der Waals surface area contributed by atoms with Crippen LogP contribution in [-0.4, -0.2) is 17.1 Å². The minimum Gasteiger partial charge on any atom is -0.496 e. The first-order valence-electron chi connectivity index (χ1n) is 5.17. The fraction of sp³-hybridized carbons (Fsp3) is 0.167. The Kier molecular flexibility index (Phi) is 3.29. The molecule has 0 aliphatic heterocycles. The van der Waals surface area contributed by atoms with Gasteiger partial charge in [-0.3, -0.25) is 10.1 Å². The van der Waals surface area contributed by atoms with Crippen molar-refractivity contribution in [3.8, 4) is 17.1 Å². The lowest BCUT2D eigenvalue weighted by Gasteiger charge is -2.03. The second kappa shape index (κ2) is 4.89. The van der Waals surface area contributed by atoms with Gasteiger partial charge in [-0.05, 0) is 18.2 Å². The molecule has 0 amide bonds. The number of nitro benzene ring substituents is 1. The van der Waals surface area contributed by atoms with E-state index in [1.807, 2.05) is 0 Å². The van der Waals surface area contributed by atoms with Gasteiger partial charge in [0.1, 0.15) is 23.9 Å². The smallest absolute Gasteiger partial charge is 0.273 e. The van der Waals surface area contributed by atoms with Gasteiger partial charge in [-0.1, -0.05) is 0 Å². The van der Waals surface area contributed by atoms with Crippen molar-refractivity contribution < 1.29 is 19.2 Å². The Bertz CT molecular complexity index is 576. The zero-order chi connectivity index (χ0) is 13.1. The van der Waals surface area contributed by atoms with Gasteiger partial charge in [0, 0.05) is 11.6 Å². The number of ether oxygens (including phenoxy) is 1. The molecule has 1 aromatic carbocycles. The van der Waals surface area contributed by atoms with Crippen LogP contribution in [-0.2, 0) is 6.61 Å². The molecule has 0 radical (unpaired) electrons. The molecule has 6 nitrogen and oxygen atoms in total. The van der Waals surface area contributed by atoms with Crippen LogP contribution in [0, 0.1) is 10.1 Å². The maximum atomic E-state index is 10.8. The lowest BCUT2D eigenvalue weighted by molar-refractivity contribution is -0.384. The van der Waals surface area contributed by atoms with Gasteiger partial charge in [0.05, 0.1) is 18.1 Å².